The first-order valence-electron chi connectivity index (χ1n) is 5.33. The molecule has 4 heteroatoms. The zero-order chi connectivity index (χ0) is 11.9. The summed E-state index contributed by atoms with van der Waals surface area (Å²) in [6.45, 7) is 8.26. The lowest BCUT2D eigenvalue weighted by atomic mass is 9.70. The van der Waals surface area contributed by atoms with Gasteiger partial charge in [0.1, 0.15) is 0 Å². The lowest BCUT2D eigenvalue weighted by Crippen LogP contribution is -2.35. The number of carbonyl (C=O) groups is 2. The Labute approximate surface area is 90.8 Å². The first-order valence-corrected chi connectivity index (χ1v) is 5.33. The molecule has 1 aliphatic rings. The van der Waals surface area contributed by atoms with Gasteiger partial charge in [0.15, 0.2) is 0 Å². The van der Waals surface area contributed by atoms with Gasteiger partial charge in [0.2, 0.25) is 11.8 Å². The van der Waals surface area contributed by atoms with Crippen LogP contribution in [-0.4, -0.2) is 29.8 Å². The third-order valence-electron chi connectivity index (χ3n) is 3.71. The van der Waals surface area contributed by atoms with Gasteiger partial charge in [-0.15, -0.1) is 0 Å². The van der Waals surface area contributed by atoms with E-state index in [2.05, 4.69) is 0 Å². The second-order valence-corrected chi connectivity index (χ2v) is 5.15. The molecule has 1 heterocycles. The maximum absolute atomic E-state index is 12.0. The second-order valence-electron chi connectivity index (χ2n) is 5.15. The molecular weight excluding hydrogens is 192 g/mol. The van der Waals surface area contributed by atoms with Crippen LogP contribution in [0, 0.1) is 10.8 Å². The molecule has 0 spiro atoms. The summed E-state index contributed by atoms with van der Waals surface area (Å²) in [6, 6.07) is 0. The quantitative estimate of drug-likeness (QED) is 0.702. The SMILES string of the molecule is CC1(C)C(=O)N(CCCN)C(=O)C1(C)C. The Morgan fingerprint density at radius 3 is 1.80 bits per heavy atom. The number of likely N-dealkylation sites (tertiary alicyclic amines) is 1. The summed E-state index contributed by atoms with van der Waals surface area (Å²) >= 11 is 0. The predicted octanol–water partition coefficient (Wildman–Crippen LogP) is 0.756. The minimum Gasteiger partial charge on any atom is -0.330 e. The lowest BCUT2D eigenvalue weighted by molar-refractivity contribution is -0.141. The monoisotopic (exact) mass is 212 g/mol. The molecule has 2 amide bonds. The van der Waals surface area contributed by atoms with Gasteiger partial charge in [-0.1, -0.05) is 0 Å². The van der Waals surface area contributed by atoms with Gasteiger partial charge >= 0.3 is 0 Å². The summed E-state index contributed by atoms with van der Waals surface area (Å²) < 4.78 is 0. The Bertz CT molecular complexity index is 269. The summed E-state index contributed by atoms with van der Waals surface area (Å²) in [5.74, 6) is -0.156. The number of nitrogens with zero attached hydrogens (tertiary/aromatic N) is 1. The van der Waals surface area contributed by atoms with Crippen LogP contribution < -0.4 is 5.73 Å². The van der Waals surface area contributed by atoms with Crippen LogP contribution in [-0.2, 0) is 9.59 Å². The van der Waals surface area contributed by atoms with Crippen LogP contribution in [0.3, 0.4) is 0 Å². The zero-order valence-corrected chi connectivity index (χ0v) is 9.96. The molecule has 0 aromatic heterocycles. The van der Waals surface area contributed by atoms with Gasteiger partial charge in [-0.25, -0.2) is 0 Å². The van der Waals surface area contributed by atoms with Crippen molar-refractivity contribution in [1.82, 2.24) is 4.90 Å². The molecule has 4 nitrogen and oxygen atoms in total. The molecule has 86 valence electrons. The molecule has 1 aliphatic heterocycles. The number of imide groups is 1. The van der Waals surface area contributed by atoms with E-state index in [0.717, 1.165) is 0 Å². The van der Waals surface area contributed by atoms with Crippen molar-refractivity contribution in [3.8, 4) is 0 Å². The molecule has 0 bridgehead atoms. The van der Waals surface area contributed by atoms with Gasteiger partial charge in [0, 0.05) is 6.54 Å². The standard InChI is InChI=1S/C11H20N2O2/c1-10(2)8(14)13(7-5-6-12)9(15)11(10,3)4/h5-7,12H2,1-4H3. The third kappa shape index (κ3) is 1.57. The number of carbonyl (C=O) groups excluding carboxylic acids is 2. The smallest absolute Gasteiger partial charge is 0.235 e. The maximum Gasteiger partial charge on any atom is 0.235 e. The van der Waals surface area contributed by atoms with E-state index in [9.17, 15) is 9.59 Å². The molecule has 1 saturated heterocycles. The van der Waals surface area contributed by atoms with Gasteiger partial charge in [-0.2, -0.15) is 0 Å². The van der Waals surface area contributed by atoms with Gasteiger partial charge < -0.3 is 5.73 Å². The Balaban J connectivity index is 2.96. The number of amides is 2. The molecule has 1 fully saturated rings. The maximum atomic E-state index is 12.0. The van der Waals surface area contributed by atoms with Crippen molar-refractivity contribution < 1.29 is 9.59 Å². The second kappa shape index (κ2) is 3.59. The van der Waals surface area contributed by atoms with Crippen LogP contribution in [0.1, 0.15) is 34.1 Å². The predicted molar refractivity (Wildman–Crippen MR) is 58.0 cm³/mol. The molecule has 0 aromatic carbocycles. The Morgan fingerprint density at radius 1 is 1.07 bits per heavy atom. The minimum atomic E-state index is -0.612. The Hall–Kier alpha value is -0.900. The number of hydrogen-bond donors (Lipinski definition) is 1. The lowest BCUT2D eigenvalue weighted by Gasteiger charge is -2.28. The van der Waals surface area contributed by atoms with Crippen LogP contribution in [0.15, 0.2) is 0 Å². The Morgan fingerprint density at radius 2 is 1.47 bits per heavy atom. The summed E-state index contributed by atoms with van der Waals surface area (Å²) in [4.78, 5) is 25.4. The van der Waals surface area contributed by atoms with Crippen molar-refractivity contribution in [1.29, 1.82) is 0 Å². The zero-order valence-electron chi connectivity index (χ0n) is 9.96. The minimum absolute atomic E-state index is 0.0778. The first kappa shape index (κ1) is 12.2. The fraction of sp³-hybridized carbons (Fsp3) is 0.818. The average Bonchev–Trinajstić information content (AvgIpc) is 2.26. The van der Waals surface area contributed by atoms with Crippen molar-refractivity contribution >= 4 is 11.8 Å². The molecule has 0 radical (unpaired) electrons. The molecule has 1 rings (SSSR count). The summed E-state index contributed by atoms with van der Waals surface area (Å²) in [7, 11) is 0. The van der Waals surface area contributed by atoms with Gasteiger partial charge in [0.05, 0.1) is 10.8 Å². The fourth-order valence-electron chi connectivity index (χ4n) is 1.75. The van der Waals surface area contributed by atoms with E-state index in [4.69, 9.17) is 5.73 Å². The number of rotatable bonds is 3. The van der Waals surface area contributed by atoms with Crippen LogP contribution >= 0.6 is 0 Å². The van der Waals surface area contributed by atoms with Crippen LogP contribution in [0.25, 0.3) is 0 Å². The van der Waals surface area contributed by atoms with Crippen LogP contribution in [0.5, 0.6) is 0 Å². The fourth-order valence-corrected chi connectivity index (χ4v) is 1.75. The molecular formula is C11H20N2O2. The summed E-state index contributed by atoms with van der Waals surface area (Å²) in [5.41, 5.74) is 4.16. The van der Waals surface area contributed by atoms with E-state index in [1.165, 1.54) is 4.90 Å². The first-order chi connectivity index (χ1) is 6.76. The molecule has 0 atom stereocenters. The van der Waals surface area contributed by atoms with Gasteiger partial charge in [0.25, 0.3) is 0 Å². The van der Waals surface area contributed by atoms with E-state index in [-0.39, 0.29) is 11.8 Å². The average molecular weight is 212 g/mol. The Kier molecular flexibility index (Phi) is 2.92. The highest BCUT2D eigenvalue weighted by atomic mass is 16.2. The summed E-state index contributed by atoms with van der Waals surface area (Å²) in [5, 5.41) is 0. The summed E-state index contributed by atoms with van der Waals surface area (Å²) in [6.07, 6.45) is 0.670. The van der Waals surface area contributed by atoms with Crippen molar-refractivity contribution in [3.63, 3.8) is 0 Å². The highest BCUT2D eigenvalue weighted by Crippen LogP contribution is 2.47. The molecule has 15 heavy (non-hydrogen) atoms. The molecule has 0 unspecified atom stereocenters. The van der Waals surface area contributed by atoms with Crippen molar-refractivity contribution in [2.45, 2.75) is 34.1 Å². The van der Waals surface area contributed by atoms with E-state index in [1.807, 2.05) is 27.7 Å². The van der Waals surface area contributed by atoms with Crippen LogP contribution in [0.2, 0.25) is 0 Å². The van der Waals surface area contributed by atoms with Crippen LogP contribution in [0.4, 0.5) is 0 Å². The molecule has 0 aromatic rings. The number of nitrogens with two attached hydrogens (primary N) is 1. The molecule has 2 N–H and O–H groups in total. The van der Waals surface area contributed by atoms with E-state index in [0.29, 0.717) is 19.5 Å². The highest BCUT2D eigenvalue weighted by molar-refractivity contribution is 6.08. The highest BCUT2D eigenvalue weighted by Gasteiger charge is 2.58. The van der Waals surface area contributed by atoms with E-state index >= 15 is 0 Å². The molecule has 0 aliphatic carbocycles. The van der Waals surface area contributed by atoms with Gasteiger partial charge in [-0.05, 0) is 40.7 Å². The largest absolute Gasteiger partial charge is 0.330 e. The van der Waals surface area contributed by atoms with Crippen molar-refractivity contribution in [2.24, 2.45) is 16.6 Å². The topological polar surface area (TPSA) is 63.4 Å². The third-order valence-corrected chi connectivity index (χ3v) is 3.71. The van der Waals surface area contributed by atoms with Crippen molar-refractivity contribution in [2.75, 3.05) is 13.1 Å². The van der Waals surface area contributed by atoms with Gasteiger partial charge in [-0.3, -0.25) is 14.5 Å². The van der Waals surface area contributed by atoms with E-state index in [1.54, 1.807) is 0 Å². The van der Waals surface area contributed by atoms with E-state index < -0.39 is 10.8 Å². The van der Waals surface area contributed by atoms with Crippen molar-refractivity contribution in [3.05, 3.63) is 0 Å². The number of hydrogen-bond acceptors (Lipinski definition) is 3. The normalized spacial score (nSPS) is 23.7. The molecule has 0 saturated carbocycles.